The van der Waals surface area contributed by atoms with Crippen LogP contribution in [0.3, 0.4) is 0 Å². The lowest BCUT2D eigenvalue weighted by atomic mass is 10.1. The van der Waals surface area contributed by atoms with Crippen molar-refractivity contribution in [3.8, 4) is 0 Å². The highest BCUT2D eigenvalue weighted by molar-refractivity contribution is 5.93. The predicted molar refractivity (Wildman–Crippen MR) is 58.2 cm³/mol. The van der Waals surface area contributed by atoms with Gasteiger partial charge in [-0.15, -0.1) is 0 Å². The van der Waals surface area contributed by atoms with E-state index in [1.54, 1.807) is 6.20 Å². The van der Waals surface area contributed by atoms with Gasteiger partial charge in [-0.25, -0.2) is 4.98 Å². The van der Waals surface area contributed by atoms with Crippen LogP contribution >= 0.6 is 0 Å². The van der Waals surface area contributed by atoms with Crippen molar-refractivity contribution in [1.29, 1.82) is 0 Å². The molecule has 0 bridgehead atoms. The molecule has 0 fully saturated rings. The monoisotopic (exact) mass is 208 g/mol. The van der Waals surface area contributed by atoms with Gasteiger partial charge in [0.15, 0.2) is 5.82 Å². The van der Waals surface area contributed by atoms with Gasteiger partial charge in [-0.1, -0.05) is 19.8 Å². The van der Waals surface area contributed by atoms with Gasteiger partial charge in [-0.3, -0.25) is 9.78 Å². The summed E-state index contributed by atoms with van der Waals surface area (Å²) in [5, 5.41) is 2.61. The summed E-state index contributed by atoms with van der Waals surface area (Å²) in [4.78, 5) is 19.3. The zero-order valence-corrected chi connectivity index (χ0v) is 8.81. The third kappa shape index (κ3) is 4.03. The lowest BCUT2D eigenvalue weighted by molar-refractivity contribution is -0.117. The van der Waals surface area contributed by atoms with Crippen molar-refractivity contribution >= 4 is 11.7 Å². The van der Waals surface area contributed by atoms with Crippen molar-refractivity contribution in [2.24, 2.45) is 5.73 Å². The van der Waals surface area contributed by atoms with Crippen LogP contribution in [0.15, 0.2) is 18.6 Å². The molecule has 0 saturated carbocycles. The van der Waals surface area contributed by atoms with E-state index in [1.165, 1.54) is 12.4 Å². The van der Waals surface area contributed by atoms with Gasteiger partial charge in [-0.05, 0) is 6.42 Å². The van der Waals surface area contributed by atoms with Crippen LogP contribution in [-0.2, 0) is 4.79 Å². The molecule has 1 rings (SSSR count). The highest BCUT2D eigenvalue weighted by Crippen LogP contribution is 2.02. The van der Waals surface area contributed by atoms with Crippen molar-refractivity contribution in [1.82, 2.24) is 9.97 Å². The molecule has 5 nitrogen and oxygen atoms in total. The second-order valence-corrected chi connectivity index (χ2v) is 3.33. The number of nitrogens with one attached hydrogen (secondary N) is 1. The fourth-order valence-corrected chi connectivity index (χ4v) is 1.14. The Bertz CT molecular complexity index is 302. The maximum atomic E-state index is 11.5. The molecule has 0 unspecified atom stereocenters. The van der Waals surface area contributed by atoms with E-state index in [2.05, 4.69) is 22.2 Å². The van der Waals surface area contributed by atoms with Crippen molar-refractivity contribution < 1.29 is 4.79 Å². The molecule has 0 aromatic carbocycles. The van der Waals surface area contributed by atoms with Gasteiger partial charge < -0.3 is 11.1 Å². The number of nitrogens with two attached hydrogens (primary N) is 1. The number of rotatable bonds is 5. The lowest BCUT2D eigenvalue weighted by Gasteiger charge is -2.10. The van der Waals surface area contributed by atoms with Crippen LogP contribution in [0.4, 0.5) is 5.82 Å². The summed E-state index contributed by atoms with van der Waals surface area (Å²) < 4.78 is 0. The fraction of sp³-hybridized carbons (Fsp3) is 0.500. The first-order valence-electron chi connectivity index (χ1n) is 5.06. The standard InChI is InChI=1S/C10H16N4O/c1-2-3-4-8(11)10(15)14-9-7-12-5-6-13-9/h5-8H,2-4,11H2,1H3,(H,13,14,15)/t8-/m0/s1. The number of carbonyl (C=O) groups is 1. The highest BCUT2D eigenvalue weighted by atomic mass is 16.2. The van der Waals surface area contributed by atoms with Crippen molar-refractivity contribution in [3.05, 3.63) is 18.6 Å². The number of hydrogen-bond acceptors (Lipinski definition) is 4. The molecule has 0 saturated heterocycles. The van der Waals surface area contributed by atoms with Gasteiger partial charge in [0.2, 0.25) is 5.91 Å². The number of amides is 1. The van der Waals surface area contributed by atoms with Gasteiger partial charge in [0.25, 0.3) is 0 Å². The summed E-state index contributed by atoms with van der Waals surface area (Å²) in [5.41, 5.74) is 5.69. The maximum Gasteiger partial charge on any atom is 0.242 e. The third-order valence-corrected chi connectivity index (χ3v) is 2.02. The molecule has 1 amide bonds. The van der Waals surface area contributed by atoms with Crippen LogP contribution < -0.4 is 11.1 Å². The lowest BCUT2D eigenvalue weighted by Crippen LogP contribution is -2.35. The minimum Gasteiger partial charge on any atom is -0.320 e. The normalized spacial score (nSPS) is 12.1. The van der Waals surface area contributed by atoms with E-state index in [-0.39, 0.29) is 5.91 Å². The Hall–Kier alpha value is -1.49. The quantitative estimate of drug-likeness (QED) is 0.754. The maximum absolute atomic E-state index is 11.5. The highest BCUT2D eigenvalue weighted by Gasteiger charge is 2.12. The molecule has 1 heterocycles. The smallest absolute Gasteiger partial charge is 0.242 e. The molecule has 3 N–H and O–H groups in total. The molecule has 1 aromatic rings. The molecule has 0 aliphatic rings. The molecule has 5 heteroatoms. The van der Waals surface area contributed by atoms with Crippen molar-refractivity contribution in [3.63, 3.8) is 0 Å². The number of anilines is 1. The average Bonchev–Trinajstić information content (AvgIpc) is 2.27. The molecule has 0 radical (unpaired) electrons. The van der Waals surface area contributed by atoms with Gasteiger partial charge in [0, 0.05) is 12.4 Å². The molecule has 82 valence electrons. The Labute approximate surface area is 89.1 Å². The molecule has 1 aromatic heterocycles. The first-order valence-corrected chi connectivity index (χ1v) is 5.06. The number of aromatic nitrogens is 2. The summed E-state index contributed by atoms with van der Waals surface area (Å²) in [5.74, 6) is 0.235. The zero-order chi connectivity index (χ0) is 11.1. The van der Waals surface area contributed by atoms with Gasteiger partial charge in [-0.2, -0.15) is 0 Å². The molecule has 0 spiro atoms. The summed E-state index contributed by atoms with van der Waals surface area (Å²) in [6, 6.07) is -0.466. The largest absolute Gasteiger partial charge is 0.320 e. The minimum atomic E-state index is -0.466. The molecular formula is C10H16N4O. The molecule has 0 aliphatic heterocycles. The second kappa shape index (κ2) is 6.08. The fourth-order valence-electron chi connectivity index (χ4n) is 1.14. The molecule has 0 aliphatic carbocycles. The Morgan fingerprint density at radius 2 is 2.40 bits per heavy atom. The minimum absolute atomic E-state index is 0.205. The topological polar surface area (TPSA) is 80.9 Å². The van der Waals surface area contributed by atoms with Crippen LogP contribution in [0, 0.1) is 0 Å². The van der Waals surface area contributed by atoms with Crippen molar-refractivity contribution in [2.45, 2.75) is 32.2 Å². The third-order valence-electron chi connectivity index (χ3n) is 2.02. The van der Waals surface area contributed by atoms with E-state index < -0.39 is 6.04 Å². The van der Waals surface area contributed by atoms with E-state index in [1.807, 2.05) is 0 Å². The first kappa shape index (κ1) is 11.6. The Kier molecular flexibility index (Phi) is 4.70. The van der Waals surface area contributed by atoms with Gasteiger partial charge in [0.05, 0.1) is 12.2 Å². The first-order chi connectivity index (χ1) is 7.24. The zero-order valence-electron chi connectivity index (χ0n) is 8.81. The van der Waals surface area contributed by atoms with Crippen LogP contribution in [0.25, 0.3) is 0 Å². The summed E-state index contributed by atoms with van der Waals surface area (Å²) in [6.07, 6.45) is 7.24. The summed E-state index contributed by atoms with van der Waals surface area (Å²) in [6.45, 7) is 2.06. The van der Waals surface area contributed by atoms with Gasteiger partial charge in [0.1, 0.15) is 0 Å². The molecule has 15 heavy (non-hydrogen) atoms. The van der Waals surface area contributed by atoms with Crippen molar-refractivity contribution in [2.75, 3.05) is 5.32 Å². The average molecular weight is 208 g/mol. The molecular weight excluding hydrogens is 192 g/mol. The Balaban J connectivity index is 2.42. The van der Waals surface area contributed by atoms with Gasteiger partial charge >= 0.3 is 0 Å². The number of hydrogen-bond donors (Lipinski definition) is 2. The van der Waals surface area contributed by atoms with Crippen LogP contribution in [0.5, 0.6) is 0 Å². The number of unbranched alkanes of at least 4 members (excludes halogenated alkanes) is 1. The van der Waals surface area contributed by atoms with E-state index in [0.717, 1.165) is 12.8 Å². The number of nitrogens with zero attached hydrogens (tertiary/aromatic N) is 2. The van der Waals surface area contributed by atoms with E-state index in [4.69, 9.17) is 5.73 Å². The number of carbonyl (C=O) groups excluding carboxylic acids is 1. The summed E-state index contributed by atoms with van der Waals surface area (Å²) in [7, 11) is 0. The van der Waals surface area contributed by atoms with Crippen LogP contribution in [-0.4, -0.2) is 21.9 Å². The second-order valence-electron chi connectivity index (χ2n) is 3.33. The molecule has 1 atom stereocenters. The van der Waals surface area contributed by atoms with E-state index in [9.17, 15) is 4.79 Å². The van der Waals surface area contributed by atoms with E-state index in [0.29, 0.717) is 12.2 Å². The van der Waals surface area contributed by atoms with Crippen LogP contribution in [0.1, 0.15) is 26.2 Å². The Morgan fingerprint density at radius 3 is 3.00 bits per heavy atom. The SMILES string of the molecule is CCCC[C@H](N)C(=O)Nc1cnccn1. The predicted octanol–water partition coefficient (Wildman–Crippen LogP) is 0.933. The van der Waals surface area contributed by atoms with E-state index >= 15 is 0 Å². The summed E-state index contributed by atoms with van der Waals surface area (Å²) >= 11 is 0. The Morgan fingerprint density at radius 1 is 1.60 bits per heavy atom. The van der Waals surface area contributed by atoms with Crippen LogP contribution in [0.2, 0.25) is 0 Å².